The SMILES string of the molecule is CCNC(=NCC(c1cccs1)N1CCOCC1)NCCOc1cccnc1. The zero-order chi connectivity index (χ0) is 19.4. The number of nitrogens with zero attached hydrogens (tertiary/aromatic N) is 3. The first-order chi connectivity index (χ1) is 13.9. The number of guanidine groups is 1. The maximum Gasteiger partial charge on any atom is 0.191 e. The molecule has 0 spiro atoms. The fraction of sp³-hybridized carbons (Fsp3) is 0.500. The molecule has 0 aromatic carbocycles. The highest BCUT2D eigenvalue weighted by atomic mass is 32.1. The lowest BCUT2D eigenvalue weighted by Gasteiger charge is -2.33. The summed E-state index contributed by atoms with van der Waals surface area (Å²) in [6.07, 6.45) is 3.45. The molecule has 28 heavy (non-hydrogen) atoms. The van der Waals surface area contributed by atoms with Crippen LogP contribution in [0.5, 0.6) is 5.75 Å². The molecule has 0 saturated carbocycles. The van der Waals surface area contributed by atoms with Gasteiger partial charge in [-0.15, -0.1) is 11.3 Å². The van der Waals surface area contributed by atoms with Gasteiger partial charge in [0.15, 0.2) is 5.96 Å². The first-order valence-electron chi connectivity index (χ1n) is 9.77. The number of aliphatic imine (C=N–C) groups is 1. The van der Waals surface area contributed by atoms with Crippen LogP contribution < -0.4 is 15.4 Å². The molecule has 1 atom stereocenters. The molecule has 0 amide bonds. The fourth-order valence-electron chi connectivity index (χ4n) is 3.05. The summed E-state index contributed by atoms with van der Waals surface area (Å²) in [6, 6.07) is 8.36. The van der Waals surface area contributed by atoms with Gasteiger partial charge < -0.3 is 20.1 Å². The van der Waals surface area contributed by atoms with Crippen LogP contribution in [-0.4, -0.2) is 68.4 Å². The first kappa shape index (κ1) is 20.6. The molecule has 0 bridgehead atoms. The van der Waals surface area contributed by atoms with Gasteiger partial charge in [0.25, 0.3) is 0 Å². The summed E-state index contributed by atoms with van der Waals surface area (Å²) in [5.74, 6) is 1.59. The molecular formula is C20H29N5O2S. The van der Waals surface area contributed by atoms with Gasteiger partial charge in [0.2, 0.25) is 0 Å². The number of pyridine rings is 1. The highest BCUT2D eigenvalue weighted by Crippen LogP contribution is 2.26. The second-order valence-electron chi connectivity index (χ2n) is 6.36. The zero-order valence-electron chi connectivity index (χ0n) is 16.3. The number of hydrogen-bond donors (Lipinski definition) is 2. The van der Waals surface area contributed by atoms with Crippen molar-refractivity contribution in [3.63, 3.8) is 0 Å². The Morgan fingerprint density at radius 3 is 2.93 bits per heavy atom. The molecule has 7 nitrogen and oxygen atoms in total. The van der Waals surface area contributed by atoms with Crippen molar-refractivity contribution in [2.45, 2.75) is 13.0 Å². The second-order valence-corrected chi connectivity index (χ2v) is 7.34. The molecule has 1 aliphatic rings. The summed E-state index contributed by atoms with van der Waals surface area (Å²) in [5.41, 5.74) is 0. The summed E-state index contributed by atoms with van der Waals surface area (Å²) < 4.78 is 11.2. The maximum atomic E-state index is 5.69. The number of aromatic nitrogens is 1. The Kier molecular flexibility index (Phi) is 8.54. The molecule has 1 unspecified atom stereocenters. The van der Waals surface area contributed by atoms with Crippen LogP contribution in [0.4, 0.5) is 0 Å². The number of rotatable bonds is 9. The van der Waals surface area contributed by atoms with Crippen molar-refractivity contribution in [2.24, 2.45) is 4.99 Å². The zero-order valence-corrected chi connectivity index (χ0v) is 17.2. The molecule has 1 saturated heterocycles. The Bertz CT molecular complexity index is 690. The summed E-state index contributed by atoms with van der Waals surface area (Å²) in [7, 11) is 0. The molecule has 3 heterocycles. The van der Waals surface area contributed by atoms with E-state index in [-0.39, 0.29) is 6.04 Å². The lowest BCUT2D eigenvalue weighted by Crippen LogP contribution is -2.42. The van der Waals surface area contributed by atoms with E-state index in [4.69, 9.17) is 14.5 Å². The van der Waals surface area contributed by atoms with E-state index in [0.717, 1.165) is 44.6 Å². The number of ether oxygens (including phenoxy) is 2. The molecule has 2 aromatic heterocycles. The van der Waals surface area contributed by atoms with Gasteiger partial charge in [-0.25, -0.2) is 0 Å². The van der Waals surface area contributed by atoms with Crippen LogP contribution in [0.3, 0.4) is 0 Å². The van der Waals surface area contributed by atoms with Crippen molar-refractivity contribution in [1.29, 1.82) is 0 Å². The summed E-state index contributed by atoms with van der Waals surface area (Å²) in [6.45, 7) is 8.28. The van der Waals surface area contributed by atoms with E-state index in [2.05, 4.69) is 45.0 Å². The van der Waals surface area contributed by atoms with Crippen LogP contribution >= 0.6 is 11.3 Å². The summed E-state index contributed by atoms with van der Waals surface area (Å²) in [5, 5.41) is 8.79. The molecule has 0 radical (unpaired) electrons. The van der Waals surface area contributed by atoms with E-state index in [1.807, 2.05) is 12.1 Å². The van der Waals surface area contributed by atoms with E-state index >= 15 is 0 Å². The standard InChI is InChI=1S/C20H29N5O2S/c1-2-22-20(23-8-11-27-17-5-3-7-21-15-17)24-16-18(19-6-4-14-28-19)25-9-12-26-13-10-25/h3-7,14-15,18H,2,8-13,16H2,1H3,(H2,22,23,24). The van der Waals surface area contributed by atoms with Gasteiger partial charge in [0.1, 0.15) is 12.4 Å². The molecular weight excluding hydrogens is 374 g/mol. The van der Waals surface area contributed by atoms with Gasteiger partial charge in [-0.1, -0.05) is 6.07 Å². The van der Waals surface area contributed by atoms with Crippen LogP contribution in [-0.2, 0) is 4.74 Å². The Morgan fingerprint density at radius 2 is 2.21 bits per heavy atom. The third kappa shape index (κ3) is 6.47. The molecule has 1 aliphatic heterocycles. The van der Waals surface area contributed by atoms with E-state index in [9.17, 15) is 0 Å². The quantitative estimate of drug-likeness (QED) is 0.380. The lowest BCUT2D eigenvalue weighted by atomic mass is 10.2. The fourth-order valence-corrected chi connectivity index (χ4v) is 3.90. The number of thiophene rings is 1. The lowest BCUT2D eigenvalue weighted by molar-refractivity contribution is 0.0186. The van der Waals surface area contributed by atoms with Crippen LogP contribution in [0.15, 0.2) is 47.0 Å². The molecule has 152 valence electrons. The largest absolute Gasteiger partial charge is 0.490 e. The highest BCUT2D eigenvalue weighted by Gasteiger charge is 2.23. The van der Waals surface area contributed by atoms with Gasteiger partial charge in [-0.2, -0.15) is 0 Å². The van der Waals surface area contributed by atoms with Crippen LogP contribution in [0.1, 0.15) is 17.8 Å². The molecule has 2 aromatic rings. The number of hydrogen-bond acceptors (Lipinski definition) is 6. The molecule has 0 aliphatic carbocycles. The topological polar surface area (TPSA) is 71.0 Å². The summed E-state index contributed by atoms with van der Waals surface area (Å²) >= 11 is 1.79. The predicted octanol–water partition coefficient (Wildman–Crippen LogP) is 2.15. The first-order valence-corrected chi connectivity index (χ1v) is 10.6. The van der Waals surface area contributed by atoms with Crippen molar-refractivity contribution in [2.75, 3.05) is 52.5 Å². The average Bonchev–Trinajstić information content (AvgIpc) is 3.27. The Balaban J connectivity index is 1.54. The number of morpholine rings is 1. The minimum absolute atomic E-state index is 0.283. The Hall–Kier alpha value is -2.16. The van der Waals surface area contributed by atoms with E-state index < -0.39 is 0 Å². The predicted molar refractivity (Wildman–Crippen MR) is 113 cm³/mol. The molecule has 3 rings (SSSR count). The minimum atomic E-state index is 0.283. The molecule has 1 fully saturated rings. The molecule has 2 N–H and O–H groups in total. The maximum absolute atomic E-state index is 5.69. The monoisotopic (exact) mass is 403 g/mol. The van der Waals surface area contributed by atoms with Gasteiger partial charge >= 0.3 is 0 Å². The highest BCUT2D eigenvalue weighted by molar-refractivity contribution is 7.10. The van der Waals surface area contributed by atoms with Gasteiger partial charge in [0.05, 0.1) is 38.5 Å². The molecule has 8 heteroatoms. The van der Waals surface area contributed by atoms with Crippen LogP contribution in [0.2, 0.25) is 0 Å². The van der Waals surface area contributed by atoms with E-state index in [1.54, 1.807) is 23.7 Å². The Labute approximate surface area is 170 Å². The van der Waals surface area contributed by atoms with Crippen molar-refractivity contribution >= 4 is 17.3 Å². The van der Waals surface area contributed by atoms with Crippen LogP contribution in [0.25, 0.3) is 0 Å². The third-order valence-corrected chi connectivity index (χ3v) is 5.40. The van der Waals surface area contributed by atoms with Crippen LogP contribution in [0, 0.1) is 0 Å². The van der Waals surface area contributed by atoms with Gasteiger partial charge in [0, 0.05) is 30.7 Å². The Morgan fingerprint density at radius 1 is 1.32 bits per heavy atom. The smallest absolute Gasteiger partial charge is 0.191 e. The van der Waals surface area contributed by atoms with Crippen molar-refractivity contribution < 1.29 is 9.47 Å². The average molecular weight is 404 g/mol. The normalized spacial score (nSPS) is 16.5. The van der Waals surface area contributed by atoms with E-state index in [1.165, 1.54) is 4.88 Å². The third-order valence-electron chi connectivity index (χ3n) is 4.42. The van der Waals surface area contributed by atoms with Crippen molar-refractivity contribution in [1.82, 2.24) is 20.5 Å². The van der Waals surface area contributed by atoms with Gasteiger partial charge in [-0.3, -0.25) is 14.9 Å². The van der Waals surface area contributed by atoms with Gasteiger partial charge in [-0.05, 0) is 30.5 Å². The summed E-state index contributed by atoms with van der Waals surface area (Å²) in [4.78, 5) is 12.7. The minimum Gasteiger partial charge on any atom is -0.490 e. The van der Waals surface area contributed by atoms with Crippen molar-refractivity contribution in [3.05, 3.63) is 46.9 Å². The second kappa shape index (κ2) is 11.6. The van der Waals surface area contributed by atoms with Crippen molar-refractivity contribution in [3.8, 4) is 5.75 Å². The number of nitrogens with one attached hydrogen (secondary N) is 2. The van der Waals surface area contributed by atoms with E-state index in [0.29, 0.717) is 19.7 Å².